The molecule has 0 atom stereocenters. The van der Waals surface area contributed by atoms with Gasteiger partial charge in [-0.05, 0) is 19.1 Å². The van der Waals surface area contributed by atoms with Gasteiger partial charge in [-0.3, -0.25) is 9.59 Å². The maximum Gasteiger partial charge on any atom is 0.231 e. The second kappa shape index (κ2) is 3.17. The van der Waals surface area contributed by atoms with E-state index in [-0.39, 0.29) is 17.1 Å². The molecular formula is C9H8O3. The van der Waals surface area contributed by atoms with Gasteiger partial charge in [0.1, 0.15) is 0 Å². The number of ketones is 2. The summed E-state index contributed by atoms with van der Waals surface area (Å²) in [6.07, 6.45) is 1.38. The molecule has 0 N–H and O–H groups in total. The fourth-order valence-electron chi connectivity index (χ4n) is 0.716. The summed E-state index contributed by atoms with van der Waals surface area (Å²) >= 11 is 0. The molecular weight excluding hydrogens is 156 g/mol. The SMILES string of the molecule is C=C(C(C)=O)C(=O)c1ccco1. The van der Waals surface area contributed by atoms with E-state index in [0.29, 0.717) is 0 Å². The second-order valence-electron chi connectivity index (χ2n) is 2.34. The van der Waals surface area contributed by atoms with E-state index in [1.807, 2.05) is 0 Å². The molecule has 3 heteroatoms. The average molecular weight is 164 g/mol. The summed E-state index contributed by atoms with van der Waals surface area (Å²) in [7, 11) is 0. The molecule has 1 rings (SSSR count). The molecule has 0 bridgehead atoms. The molecule has 1 aromatic heterocycles. The fourth-order valence-corrected chi connectivity index (χ4v) is 0.716. The summed E-state index contributed by atoms with van der Waals surface area (Å²) in [4.78, 5) is 22.0. The average Bonchev–Trinajstić information content (AvgIpc) is 2.53. The third kappa shape index (κ3) is 1.50. The molecule has 1 heterocycles. The Morgan fingerprint density at radius 1 is 1.50 bits per heavy atom. The van der Waals surface area contributed by atoms with Gasteiger partial charge < -0.3 is 4.42 Å². The number of hydrogen-bond acceptors (Lipinski definition) is 3. The molecule has 0 amide bonds. The Balaban J connectivity index is 2.87. The van der Waals surface area contributed by atoms with Crippen molar-refractivity contribution in [3.05, 3.63) is 36.3 Å². The van der Waals surface area contributed by atoms with Crippen LogP contribution < -0.4 is 0 Å². The maximum atomic E-state index is 11.2. The summed E-state index contributed by atoms with van der Waals surface area (Å²) < 4.78 is 4.80. The molecule has 0 unspecified atom stereocenters. The van der Waals surface area contributed by atoms with E-state index in [9.17, 15) is 9.59 Å². The van der Waals surface area contributed by atoms with Gasteiger partial charge in [-0.25, -0.2) is 0 Å². The topological polar surface area (TPSA) is 47.3 Å². The number of allylic oxidation sites excluding steroid dienone is 1. The van der Waals surface area contributed by atoms with E-state index in [1.54, 1.807) is 6.07 Å². The van der Waals surface area contributed by atoms with Crippen LogP contribution in [0.2, 0.25) is 0 Å². The Hall–Kier alpha value is -1.64. The van der Waals surface area contributed by atoms with Gasteiger partial charge in [-0.2, -0.15) is 0 Å². The smallest absolute Gasteiger partial charge is 0.231 e. The van der Waals surface area contributed by atoms with Gasteiger partial charge in [0.05, 0.1) is 11.8 Å². The largest absolute Gasteiger partial charge is 0.461 e. The predicted octanol–water partition coefficient (Wildman–Crippen LogP) is 1.61. The molecule has 12 heavy (non-hydrogen) atoms. The standard InChI is InChI=1S/C9H8O3/c1-6(7(2)10)9(11)8-4-3-5-12-8/h3-5H,1H2,2H3. The Bertz CT molecular complexity index is 320. The summed E-state index contributed by atoms with van der Waals surface area (Å²) in [5.41, 5.74) is -0.0510. The van der Waals surface area contributed by atoms with Gasteiger partial charge in [-0.1, -0.05) is 6.58 Å². The number of Topliss-reactive ketones (excluding diaryl/α,β-unsaturated/α-hetero) is 2. The lowest BCUT2D eigenvalue weighted by molar-refractivity contribution is -0.113. The lowest BCUT2D eigenvalue weighted by Crippen LogP contribution is -2.07. The van der Waals surface area contributed by atoms with Crippen molar-refractivity contribution in [2.75, 3.05) is 0 Å². The van der Waals surface area contributed by atoms with Gasteiger partial charge in [0, 0.05) is 0 Å². The van der Waals surface area contributed by atoms with Crippen LogP contribution in [0, 0.1) is 0 Å². The number of carbonyl (C=O) groups is 2. The zero-order valence-corrected chi connectivity index (χ0v) is 6.66. The highest BCUT2D eigenvalue weighted by atomic mass is 16.3. The minimum absolute atomic E-state index is 0.0510. The van der Waals surface area contributed by atoms with Crippen LogP contribution in [0.4, 0.5) is 0 Å². The first-order valence-electron chi connectivity index (χ1n) is 3.41. The van der Waals surface area contributed by atoms with Crippen molar-refractivity contribution in [2.24, 2.45) is 0 Å². The van der Waals surface area contributed by atoms with E-state index in [0.717, 1.165) is 0 Å². The highest BCUT2D eigenvalue weighted by molar-refractivity contribution is 6.24. The molecule has 0 aliphatic carbocycles. The quantitative estimate of drug-likeness (QED) is 0.295. The summed E-state index contributed by atoms with van der Waals surface area (Å²) in [5.74, 6) is -0.640. The summed E-state index contributed by atoms with van der Waals surface area (Å²) in [5, 5.41) is 0. The van der Waals surface area contributed by atoms with E-state index in [2.05, 4.69) is 6.58 Å². The summed E-state index contributed by atoms with van der Waals surface area (Å²) in [6.45, 7) is 4.65. The zero-order valence-electron chi connectivity index (χ0n) is 6.66. The first kappa shape index (κ1) is 8.46. The number of furan rings is 1. The Labute approximate surface area is 69.7 Å². The van der Waals surface area contributed by atoms with Crippen molar-refractivity contribution >= 4 is 11.6 Å². The van der Waals surface area contributed by atoms with Crippen LogP contribution >= 0.6 is 0 Å². The summed E-state index contributed by atoms with van der Waals surface area (Å²) in [6, 6.07) is 3.08. The monoisotopic (exact) mass is 164 g/mol. The molecule has 0 spiro atoms. The van der Waals surface area contributed by atoms with Crippen LogP contribution in [-0.2, 0) is 4.79 Å². The molecule has 62 valence electrons. The van der Waals surface area contributed by atoms with Crippen LogP contribution in [0.15, 0.2) is 35.0 Å². The first-order chi connectivity index (χ1) is 5.63. The molecule has 0 radical (unpaired) electrons. The molecule has 0 aromatic carbocycles. The number of rotatable bonds is 3. The Morgan fingerprint density at radius 3 is 2.58 bits per heavy atom. The van der Waals surface area contributed by atoms with Gasteiger partial charge >= 0.3 is 0 Å². The van der Waals surface area contributed by atoms with E-state index < -0.39 is 5.78 Å². The van der Waals surface area contributed by atoms with Crippen molar-refractivity contribution < 1.29 is 14.0 Å². The number of carbonyl (C=O) groups excluding carboxylic acids is 2. The van der Waals surface area contributed by atoms with Crippen molar-refractivity contribution in [3.8, 4) is 0 Å². The molecule has 0 saturated carbocycles. The van der Waals surface area contributed by atoms with Gasteiger partial charge in [0.25, 0.3) is 0 Å². The predicted molar refractivity (Wildman–Crippen MR) is 42.9 cm³/mol. The highest BCUT2D eigenvalue weighted by Gasteiger charge is 2.15. The third-order valence-electron chi connectivity index (χ3n) is 1.44. The zero-order chi connectivity index (χ0) is 9.14. The Kier molecular flexibility index (Phi) is 2.24. The molecule has 1 aromatic rings. The van der Waals surface area contributed by atoms with Gasteiger partial charge in [0.15, 0.2) is 11.5 Å². The molecule has 0 aliphatic rings. The van der Waals surface area contributed by atoms with Crippen molar-refractivity contribution in [1.82, 2.24) is 0 Å². The lowest BCUT2D eigenvalue weighted by Gasteiger charge is -1.95. The van der Waals surface area contributed by atoms with Crippen molar-refractivity contribution in [3.63, 3.8) is 0 Å². The fraction of sp³-hybridized carbons (Fsp3) is 0.111. The van der Waals surface area contributed by atoms with E-state index >= 15 is 0 Å². The van der Waals surface area contributed by atoms with E-state index in [1.165, 1.54) is 19.3 Å². The third-order valence-corrected chi connectivity index (χ3v) is 1.44. The van der Waals surface area contributed by atoms with Crippen LogP contribution in [-0.4, -0.2) is 11.6 Å². The normalized spacial score (nSPS) is 9.42. The highest BCUT2D eigenvalue weighted by Crippen LogP contribution is 2.07. The van der Waals surface area contributed by atoms with Crippen LogP contribution in [0.5, 0.6) is 0 Å². The molecule has 0 aliphatic heterocycles. The molecule has 0 saturated heterocycles. The van der Waals surface area contributed by atoms with Crippen molar-refractivity contribution in [1.29, 1.82) is 0 Å². The minimum atomic E-state index is -0.451. The van der Waals surface area contributed by atoms with Gasteiger partial charge in [0.2, 0.25) is 5.78 Å². The van der Waals surface area contributed by atoms with Crippen LogP contribution in [0.3, 0.4) is 0 Å². The minimum Gasteiger partial charge on any atom is -0.461 e. The Morgan fingerprint density at radius 2 is 2.17 bits per heavy atom. The van der Waals surface area contributed by atoms with Crippen LogP contribution in [0.1, 0.15) is 17.5 Å². The number of hydrogen-bond donors (Lipinski definition) is 0. The lowest BCUT2D eigenvalue weighted by atomic mass is 10.1. The van der Waals surface area contributed by atoms with Crippen molar-refractivity contribution in [2.45, 2.75) is 6.92 Å². The molecule has 0 fully saturated rings. The first-order valence-corrected chi connectivity index (χ1v) is 3.41. The second-order valence-corrected chi connectivity index (χ2v) is 2.34. The maximum absolute atomic E-state index is 11.2. The van der Waals surface area contributed by atoms with Gasteiger partial charge in [-0.15, -0.1) is 0 Å². The molecule has 3 nitrogen and oxygen atoms in total. The van der Waals surface area contributed by atoms with E-state index in [4.69, 9.17) is 4.42 Å². The van der Waals surface area contributed by atoms with Crippen LogP contribution in [0.25, 0.3) is 0 Å².